The number of carboxylic acid groups (broad SMARTS) is 1. The van der Waals surface area contributed by atoms with Crippen LogP contribution in [0.15, 0.2) is 89.5 Å². The number of aromatic nitrogens is 1. The van der Waals surface area contributed by atoms with Gasteiger partial charge in [-0.15, -0.1) is 0 Å². The van der Waals surface area contributed by atoms with Crippen molar-refractivity contribution < 1.29 is 23.8 Å². The monoisotopic (exact) mass is 454 g/mol. The van der Waals surface area contributed by atoms with Crippen LogP contribution >= 0.6 is 0 Å². The maximum Gasteiger partial charge on any atom is 0.407 e. The standard InChI is InChI=1S/C27H22N2O5/c30-26(31)24-16-33-25(28-24)23(14-17-8-2-1-3-9-17)29-27(32)34-15-22-20-12-6-4-10-18(20)19-11-5-7-13-21(19)22/h1-13,16,22-23H,14-15H2,(H,29,32)(H,30,31)/t23-/m0/s1. The van der Waals surface area contributed by atoms with Crippen molar-refractivity contribution in [3.05, 3.63) is 113 Å². The Morgan fingerprint density at radius 1 is 0.941 bits per heavy atom. The summed E-state index contributed by atoms with van der Waals surface area (Å²) in [7, 11) is 0. The Labute approximate surface area is 196 Å². The van der Waals surface area contributed by atoms with Gasteiger partial charge in [0, 0.05) is 12.3 Å². The second-order valence-corrected chi connectivity index (χ2v) is 8.09. The molecular formula is C27H22N2O5. The molecular weight excluding hydrogens is 432 g/mol. The number of carbonyl (C=O) groups is 2. The van der Waals surface area contributed by atoms with Gasteiger partial charge >= 0.3 is 12.1 Å². The fourth-order valence-electron chi connectivity index (χ4n) is 4.38. The van der Waals surface area contributed by atoms with E-state index in [9.17, 15) is 14.7 Å². The normalized spacial score (nSPS) is 13.1. The predicted molar refractivity (Wildman–Crippen MR) is 125 cm³/mol. The third-order valence-corrected chi connectivity index (χ3v) is 5.96. The lowest BCUT2D eigenvalue weighted by Crippen LogP contribution is -2.31. The summed E-state index contributed by atoms with van der Waals surface area (Å²) in [5.41, 5.74) is 5.25. The highest BCUT2D eigenvalue weighted by molar-refractivity contribution is 5.84. The molecule has 170 valence electrons. The summed E-state index contributed by atoms with van der Waals surface area (Å²) in [6, 6.07) is 25.0. The van der Waals surface area contributed by atoms with E-state index in [1.54, 1.807) is 0 Å². The lowest BCUT2D eigenvalue weighted by Gasteiger charge is -2.18. The number of nitrogens with zero attached hydrogens (tertiary/aromatic N) is 1. The van der Waals surface area contributed by atoms with Gasteiger partial charge in [0.25, 0.3) is 0 Å². The van der Waals surface area contributed by atoms with Crippen LogP contribution in [-0.4, -0.2) is 28.8 Å². The summed E-state index contributed by atoms with van der Waals surface area (Å²) >= 11 is 0. The van der Waals surface area contributed by atoms with Crippen molar-refractivity contribution in [2.45, 2.75) is 18.4 Å². The third kappa shape index (κ3) is 4.28. The number of carbonyl (C=O) groups excluding carboxylic acids is 1. The third-order valence-electron chi connectivity index (χ3n) is 5.96. The molecule has 1 heterocycles. The quantitative estimate of drug-likeness (QED) is 0.398. The number of aromatic carboxylic acids is 1. The van der Waals surface area contributed by atoms with Crippen molar-refractivity contribution in [2.75, 3.05) is 6.61 Å². The maximum absolute atomic E-state index is 12.8. The first-order valence-electron chi connectivity index (χ1n) is 10.9. The molecule has 0 radical (unpaired) electrons. The molecule has 0 unspecified atom stereocenters. The number of nitrogens with one attached hydrogen (secondary N) is 1. The number of benzene rings is 3. The molecule has 1 aliphatic carbocycles. The summed E-state index contributed by atoms with van der Waals surface area (Å²) in [5.74, 6) is -1.16. The van der Waals surface area contributed by atoms with Gasteiger partial charge in [0.1, 0.15) is 18.9 Å². The van der Waals surface area contributed by atoms with Gasteiger partial charge < -0.3 is 19.6 Å². The largest absolute Gasteiger partial charge is 0.476 e. The molecule has 5 rings (SSSR count). The zero-order valence-corrected chi connectivity index (χ0v) is 18.2. The topological polar surface area (TPSA) is 102 Å². The molecule has 1 amide bonds. The number of ether oxygens (including phenoxy) is 1. The first-order valence-corrected chi connectivity index (χ1v) is 10.9. The number of amides is 1. The molecule has 0 saturated carbocycles. The Morgan fingerprint density at radius 2 is 1.56 bits per heavy atom. The van der Waals surface area contributed by atoms with Crippen molar-refractivity contribution in [3.63, 3.8) is 0 Å². The minimum Gasteiger partial charge on any atom is -0.476 e. The molecule has 7 nitrogen and oxygen atoms in total. The minimum atomic E-state index is -1.20. The van der Waals surface area contributed by atoms with E-state index in [0.717, 1.165) is 34.1 Å². The molecule has 0 fully saturated rings. The van der Waals surface area contributed by atoms with Gasteiger partial charge in [-0.25, -0.2) is 14.6 Å². The van der Waals surface area contributed by atoms with Crippen LogP contribution in [0, 0.1) is 0 Å². The van der Waals surface area contributed by atoms with Crippen molar-refractivity contribution >= 4 is 12.1 Å². The maximum atomic E-state index is 12.8. The average Bonchev–Trinajstić information content (AvgIpc) is 3.47. The first-order chi connectivity index (χ1) is 16.6. The van der Waals surface area contributed by atoms with Crippen molar-refractivity contribution in [1.82, 2.24) is 10.3 Å². The molecule has 34 heavy (non-hydrogen) atoms. The molecule has 3 aromatic carbocycles. The van der Waals surface area contributed by atoms with Gasteiger partial charge in [-0.2, -0.15) is 0 Å². The predicted octanol–water partition coefficient (Wildman–Crippen LogP) is 5.20. The van der Waals surface area contributed by atoms with E-state index in [1.165, 1.54) is 0 Å². The Morgan fingerprint density at radius 3 is 2.18 bits per heavy atom. The first kappa shape index (κ1) is 21.5. The highest BCUT2D eigenvalue weighted by Crippen LogP contribution is 2.44. The number of rotatable bonds is 7. The summed E-state index contributed by atoms with van der Waals surface area (Å²) in [6.45, 7) is 0.171. The summed E-state index contributed by atoms with van der Waals surface area (Å²) in [5, 5.41) is 12.0. The Kier molecular flexibility index (Phi) is 5.82. The van der Waals surface area contributed by atoms with Crippen molar-refractivity contribution in [2.24, 2.45) is 0 Å². The second kappa shape index (κ2) is 9.23. The van der Waals surface area contributed by atoms with Crippen LogP contribution in [0.3, 0.4) is 0 Å². The Balaban J connectivity index is 1.32. The number of hydrogen-bond acceptors (Lipinski definition) is 5. The van der Waals surface area contributed by atoms with Gasteiger partial charge in [-0.05, 0) is 27.8 Å². The zero-order chi connectivity index (χ0) is 23.5. The van der Waals surface area contributed by atoms with Crippen LogP contribution in [0.2, 0.25) is 0 Å². The highest BCUT2D eigenvalue weighted by Gasteiger charge is 2.30. The van der Waals surface area contributed by atoms with Gasteiger partial charge in [0.2, 0.25) is 5.89 Å². The van der Waals surface area contributed by atoms with E-state index in [-0.39, 0.29) is 24.1 Å². The molecule has 1 aliphatic rings. The van der Waals surface area contributed by atoms with Crippen LogP contribution in [0.4, 0.5) is 4.79 Å². The van der Waals surface area contributed by atoms with Crippen LogP contribution in [0.25, 0.3) is 11.1 Å². The fraction of sp³-hybridized carbons (Fsp3) is 0.148. The van der Waals surface area contributed by atoms with Crippen molar-refractivity contribution in [1.29, 1.82) is 0 Å². The minimum absolute atomic E-state index is 0.0638. The van der Waals surface area contributed by atoms with E-state index in [2.05, 4.69) is 34.6 Å². The smallest absolute Gasteiger partial charge is 0.407 e. The highest BCUT2D eigenvalue weighted by atomic mass is 16.5. The lowest BCUT2D eigenvalue weighted by molar-refractivity contribution is 0.0690. The van der Waals surface area contributed by atoms with E-state index >= 15 is 0 Å². The summed E-state index contributed by atoms with van der Waals surface area (Å²) in [6.07, 6.45) is 0.803. The van der Waals surface area contributed by atoms with Gasteiger partial charge in [-0.3, -0.25) is 0 Å². The molecule has 0 saturated heterocycles. The van der Waals surface area contributed by atoms with Crippen LogP contribution in [0.1, 0.15) is 45.0 Å². The van der Waals surface area contributed by atoms with Crippen LogP contribution in [0.5, 0.6) is 0 Å². The zero-order valence-electron chi connectivity index (χ0n) is 18.2. The Hall–Kier alpha value is -4.39. The number of hydrogen-bond donors (Lipinski definition) is 2. The molecule has 0 bridgehead atoms. The van der Waals surface area contributed by atoms with Crippen molar-refractivity contribution in [3.8, 4) is 11.1 Å². The molecule has 0 spiro atoms. The molecule has 1 aromatic heterocycles. The summed E-state index contributed by atoms with van der Waals surface area (Å²) in [4.78, 5) is 28.1. The Bertz CT molecular complexity index is 1290. The van der Waals surface area contributed by atoms with Gasteiger partial charge in [-0.1, -0.05) is 78.9 Å². The van der Waals surface area contributed by atoms with E-state index in [0.29, 0.717) is 6.42 Å². The molecule has 2 N–H and O–H groups in total. The molecule has 4 aromatic rings. The number of carboxylic acids is 1. The summed E-state index contributed by atoms with van der Waals surface area (Å²) < 4.78 is 11.0. The second-order valence-electron chi connectivity index (χ2n) is 8.09. The van der Waals surface area contributed by atoms with Crippen LogP contribution < -0.4 is 5.32 Å². The van der Waals surface area contributed by atoms with E-state index in [1.807, 2.05) is 54.6 Å². The van der Waals surface area contributed by atoms with Gasteiger partial charge in [0.15, 0.2) is 5.69 Å². The van der Waals surface area contributed by atoms with Crippen LogP contribution in [-0.2, 0) is 11.2 Å². The SMILES string of the molecule is O=C(N[C@@H](Cc1ccccc1)c1nc(C(=O)O)co1)OCC1c2ccccc2-c2ccccc21. The molecule has 0 aliphatic heterocycles. The number of oxazole rings is 1. The fourth-order valence-corrected chi connectivity index (χ4v) is 4.38. The molecule has 7 heteroatoms. The lowest BCUT2D eigenvalue weighted by atomic mass is 9.98. The average molecular weight is 454 g/mol. The van der Waals surface area contributed by atoms with Gasteiger partial charge in [0.05, 0.1) is 0 Å². The van der Waals surface area contributed by atoms with E-state index in [4.69, 9.17) is 9.15 Å². The van der Waals surface area contributed by atoms with E-state index < -0.39 is 18.1 Å². The number of alkyl carbamates (subject to hydrolysis) is 1. The molecule has 1 atom stereocenters. The number of fused-ring (bicyclic) bond motifs is 3.